The van der Waals surface area contributed by atoms with Gasteiger partial charge in [-0.25, -0.2) is 0 Å². The molecule has 1 aliphatic rings. The molecule has 1 unspecified atom stereocenters. The molecule has 3 rings (SSSR count). The maximum absolute atomic E-state index is 12.6. The second-order valence-corrected chi connectivity index (χ2v) is 5.79. The summed E-state index contributed by atoms with van der Waals surface area (Å²) in [6, 6.07) is 7.67. The summed E-state index contributed by atoms with van der Waals surface area (Å²) in [5.74, 6) is 0.0523. The van der Waals surface area contributed by atoms with Crippen molar-refractivity contribution >= 4 is 23.0 Å². The zero-order valence-electron chi connectivity index (χ0n) is 12.5. The third-order valence-corrected chi connectivity index (χ3v) is 4.47. The third-order valence-electron chi connectivity index (χ3n) is 4.47. The molecule has 2 aromatic rings. The normalized spacial score (nSPS) is 18.6. The minimum atomic E-state index is -0.0415. The van der Waals surface area contributed by atoms with Crippen LogP contribution in [0.25, 0.3) is 10.9 Å². The highest BCUT2D eigenvalue weighted by molar-refractivity contribution is 5.98. The molecule has 5 heteroatoms. The highest BCUT2D eigenvalue weighted by Gasteiger charge is 2.26. The van der Waals surface area contributed by atoms with Crippen LogP contribution in [-0.2, 0) is 11.3 Å². The van der Waals surface area contributed by atoms with Crippen molar-refractivity contribution in [1.82, 2.24) is 9.47 Å². The maximum atomic E-state index is 12.6. The van der Waals surface area contributed by atoms with Gasteiger partial charge in [0.25, 0.3) is 0 Å². The van der Waals surface area contributed by atoms with Crippen molar-refractivity contribution in [2.24, 2.45) is 0 Å². The number of rotatable bonds is 4. The molecule has 1 saturated heterocycles. The van der Waals surface area contributed by atoms with E-state index in [-0.39, 0.29) is 25.1 Å². The summed E-state index contributed by atoms with van der Waals surface area (Å²) < 4.78 is 1.92. The van der Waals surface area contributed by atoms with Gasteiger partial charge in [-0.2, -0.15) is 0 Å². The Labute approximate surface area is 129 Å². The van der Waals surface area contributed by atoms with Gasteiger partial charge in [0.2, 0.25) is 5.91 Å². The molecule has 1 aromatic carbocycles. The molecule has 22 heavy (non-hydrogen) atoms. The smallest absolute Gasteiger partial charge is 0.242 e. The standard InChI is InChI=1S/C17H21N3O2/c18-10-13-4-3-6-16-15(13)7-9-19(16)11-17(22)20-8-2-1-5-14(20)12-21/h3-4,6-7,9-10,14,18,21H,1-2,5,8,11-12H2. The van der Waals surface area contributed by atoms with Crippen molar-refractivity contribution in [2.75, 3.05) is 13.2 Å². The van der Waals surface area contributed by atoms with Crippen LogP contribution in [0.15, 0.2) is 30.5 Å². The Morgan fingerprint density at radius 2 is 2.23 bits per heavy atom. The van der Waals surface area contributed by atoms with E-state index in [2.05, 4.69) is 0 Å². The second kappa shape index (κ2) is 6.32. The number of nitrogens with one attached hydrogen (secondary N) is 1. The van der Waals surface area contributed by atoms with Crippen molar-refractivity contribution in [2.45, 2.75) is 31.8 Å². The fourth-order valence-corrected chi connectivity index (χ4v) is 3.27. The second-order valence-electron chi connectivity index (χ2n) is 5.79. The van der Waals surface area contributed by atoms with Crippen molar-refractivity contribution in [3.63, 3.8) is 0 Å². The lowest BCUT2D eigenvalue weighted by atomic mass is 10.0. The highest BCUT2D eigenvalue weighted by Crippen LogP contribution is 2.21. The lowest BCUT2D eigenvalue weighted by Gasteiger charge is -2.34. The van der Waals surface area contributed by atoms with Gasteiger partial charge >= 0.3 is 0 Å². The van der Waals surface area contributed by atoms with Gasteiger partial charge in [-0.15, -0.1) is 0 Å². The largest absolute Gasteiger partial charge is 0.394 e. The number of piperidine rings is 1. The van der Waals surface area contributed by atoms with Crippen LogP contribution in [-0.4, -0.2) is 45.9 Å². The van der Waals surface area contributed by atoms with Crippen LogP contribution in [0.2, 0.25) is 0 Å². The maximum Gasteiger partial charge on any atom is 0.242 e. The molecule has 0 spiro atoms. The van der Waals surface area contributed by atoms with E-state index in [0.29, 0.717) is 0 Å². The van der Waals surface area contributed by atoms with Crippen LogP contribution in [0, 0.1) is 5.41 Å². The molecule has 0 saturated carbocycles. The van der Waals surface area contributed by atoms with Gasteiger partial charge in [-0.3, -0.25) is 4.79 Å². The predicted molar refractivity (Wildman–Crippen MR) is 86.3 cm³/mol. The Bertz CT molecular complexity index is 692. The van der Waals surface area contributed by atoms with Gasteiger partial charge in [0.05, 0.1) is 12.6 Å². The zero-order chi connectivity index (χ0) is 15.5. The molecule has 0 aliphatic carbocycles. The lowest BCUT2D eigenvalue weighted by Crippen LogP contribution is -2.46. The summed E-state index contributed by atoms with van der Waals surface area (Å²) in [6.07, 6.45) is 6.19. The number of carbonyl (C=O) groups is 1. The van der Waals surface area contributed by atoms with Crippen LogP contribution < -0.4 is 0 Å². The van der Waals surface area contributed by atoms with Gasteiger partial charge in [-0.05, 0) is 31.4 Å². The Kier molecular flexibility index (Phi) is 4.24. The topological polar surface area (TPSA) is 69.3 Å². The van der Waals surface area contributed by atoms with Crippen molar-refractivity contribution in [3.8, 4) is 0 Å². The van der Waals surface area contributed by atoms with Crippen LogP contribution in [0.3, 0.4) is 0 Å². The molecule has 116 valence electrons. The number of aliphatic hydroxyl groups excluding tert-OH is 1. The number of fused-ring (bicyclic) bond motifs is 1. The van der Waals surface area contributed by atoms with E-state index in [1.807, 2.05) is 39.9 Å². The van der Waals surface area contributed by atoms with Crippen molar-refractivity contribution < 1.29 is 9.90 Å². The van der Waals surface area contributed by atoms with E-state index in [0.717, 1.165) is 42.3 Å². The molecule has 2 N–H and O–H groups in total. The summed E-state index contributed by atoms with van der Waals surface area (Å²) in [5.41, 5.74) is 1.82. The SMILES string of the molecule is N=Cc1cccc2c1ccn2CC(=O)N1CCCCC1CO. The van der Waals surface area contributed by atoms with Crippen LogP contribution >= 0.6 is 0 Å². The molecule has 1 atom stereocenters. The molecule has 1 fully saturated rings. The van der Waals surface area contributed by atoms with Crippen LogP contribution in [0.4, 0.5) is 0 Å². The third kappa shape index (κ3) is 2.64. The molecular formula is C17H21N3O2. The van der Waals surface area contributed by atoms with E-state index in [1.165, 1.54) is 6.21 Å². The van der Waals surface area contributed by atoms with Gasteiger partial charge in [0.15, 0.2) is 0 Å². The lowest BCUT2D eigenvalue weighted by molar-refractivity contribution is -0.136. The molecule has 1 aromatic heterocycles. The van der Waals surface area contributed by atoms with Gasteiger partial charge < -0.3 is 20.0 Å². The average Bonchev–Trinajstić information content (AvgIpc) is 2.97. The first-order chi connectivity index (χ1) is 10.7. The number of carbonyl (C=O) groups excluding carboxylic acids is 1. The van der Waals surface area contributed by atoms with Crippen molar-refractivity contribution in [3.05, 3.63) is 36.0 Å². The number of hydrogen-bond acceptors (Lipinski definition) is 3. The summed E-state index contributed by atoms with van der Waals surface area (Å²) in [5, 5.41) is 17.9. The first-order valence-corrected chi connectivity index (χ1v) is 7.73. The first kappa shape index (κ1) is 14.8. The molecule has 0 radical (unpaired) electrons. The van der Waals surface area contributed by atoms with E-state index < -0.39 is 0 Å². The predicted octanol–water partition coefficient (Wildman–Crippen LogP) is 2.01. The number of aliphatic hydroxyl groups is 1. The minimum Gasteiger partial charge on any atom is -0.394 e. The average molecular weight is 299 g/mol. The van der Waals surface area contributed by atoms with Gasteiger partial charge in [-0.1, -0.05) is 12.1 Å². The molecule has 0 bridgehead atoms. The number of aromatic nitrogens is 1. The van der Waals surface area contributed by atoms with Gasteiger partial charge in [0.1, 0.15) is 6.54 Å². The van der Waals surface area contributed by atoms with E-state index in [4.69, 9.17) is 5.41 Å². The monoisotopic (exact) mass is 299 g/mol. The summed E-state index contributed by atoms with van der Waals surface area (Å²) >= 11 is 0. The quantitative estimate of drug-likeness (QED) is 0.848. The fourth-order valence-electron chi connectivity index (χ4n) is 3.27. The van der Waals surface area contributed by atoms with E-state index >= 15 is 0 Å². The number of amides is 1. The Morgan fingerprint density at radius 3 is 3.00 bits per heavy atom. The summed E-state index contributed by atoms with van der Waals surface area (Å²) in [4.78, 5) is 14.4. The summed E-state index contributed by atoms with van der Waals surface area (Å²) in [6.45, 7) is 1.05. The number of benzene rings is 1. The molecule has 1 amide bonds. The van der Waals surface area contributed by atoms with Gasteiger partial charge in [0, 0.05) is 35.4 Å². The molecule has 2 heterocycles. The fraction of sp³-hybridized carbons (Fsp3) is 0.412. The summed E-state index contributed by atoms with van der Waals surface area (Å²) in [7, 11) is 0. The van der Waals surface area contributed by atoms with Crippen LogP contribution in [0.5, 0.6) is 0 Å². The Balaban J connectivity index is 1.83. The number of hydrogen-bond donors (Lipinski definition) is 2. The van der Waals surface area contributed by atoms with Crippen molar-refractivity contribution in [1.29, 1.82) is 5.41 Å². The first-order valence-electron chi connectivity index (χ1n) is 7.73. The number of nitrogens with zero attached hydrogens (tertiary/aromatic N) is 2. The zero-order valence-corrected chi connectivity index (χ0v) is 12.5. The molecule has 5 nitrogen and oxygen atoms in total. The molecular weight excluding hydrogens is 278 g/mol. The molecule has 1 aliphatic heterocycles. The highest BCUT2D eigenvalue weighted by atomic mass is 16.3. The Hall–Kier alpha value is -2.14. The van der Waals surface area contributed by atoms with E-state index in [1.54, 1.807) is 0 Å². The number of likely N-dealkylation sites (tertiary alicyclic amines) is 1. The Morgan fingerprint density at radius 1 is 1.36 bits per heavy atom. The van der Waals surface area contributed by atoms with Crippen LogP contribution in [0.1, 0.15) is 24.8 Å². The van der Waals surface area contributed by atoms with E-state index in [9.17, 15) is 9.90 Å². The minimum absolute atomic E-state index is 0.0378.